The number of hydrogen-bond donors (Lipinski definition) is 1. The number of carbonyl (C=O) groups is 1. The summed E-state index contributed by atoms with van der Waals surface area (Å²) in [7, 11) is 1.63. The van der Waals surface area contributed by atoms with Crippen LogP contribution in [0, 0.1) is 6.92 Å². The number of carbonyl (C=O) groups excluding carboxylic acids is 1. The Hall–Kier alpha value is -2.37. The van der Waals surface area contributed by atoms with Gasteiger partial charge in [0.15, 0.2) is 5.13 Å². The Bertz CT molecular complexity index is 875. The van der Waals surface area contributed by atoms with Gasteiger partial charge in [-0.25, -0.2) is 4.98 Å². The van der Waals surface area contributed by atoms with Gasteiger partial charge >= 0.3 is 0 Å². The summed E-state index contributed by atoms with van der Waals surface area (Å²) in [6.07, 6.45) is 0. The standard InChI is InChI=1S/C18H15ClN2O2S/c1-11-3-8-16(23-2)14(9-11)15-10-24-18(20-15)21-17(22)12-4-6-13(19)7-5-12/h3-10H,1-2H3,(H,20,21,22). The molecule has 3 aromatic rings. The quantitative estimate of drug-likeness (QED) is 0.711. The number of methoxy groups -OCH3 is 1. The molecule has 24 heavy (non-hydrogen) atoms. The Morgan fingerprint density at radius 3 is 2.67 bits per heavy atom. The molecule has 0 aliphatic carbocycles. The van der Waals surface area contributed by atoms with Crippen molar-refractivity contribution in [3.8, 4) is 17.0 Å². The van der Waals surface area contributed by atoms with E-state index in [9.17, 15) is 4.79 Å². The Morgan fingerprint density at radius 1 is 1.21 bits per heavy atom. The van der Waals surface area contributed by atoms with Gasteiger partial charge in [-0.05, 0) is 43.3 Å². The maximum Gasteiger partial charge on any atom is 0.257 e. The van der Waals surface area contributed by atoms with Crippen molar-refractivity contribution in [2.75, 3.05) is 12.4 Å². The number of aromatic nitrogens is 1. The molecule has 6 heteroatoms. The fourth-order valence-electron chi connectivity index (χ4n) is 2.25. The minimum absolute atomic E-state index is 0.219. The first kappa shape index (κ1) is 16.5. The number of amides is 1. The van der Waals surface area contributed by atoms with Crippen LogP contribution in [0.1, 0.15) is 15.9 Å². The first-order valence-corrected chi connectivity index (χ1v) is 8.50. The lowest BCUT2D eigenvalue weighted by atomic mass is 10.1. The Kier molecular flexibility index (Phi) is 4.83. The predicted molar refractivity (Wildman–Crippen MR) is 98.2 cm³/mol. The van der Waals surface area contributed by atoms with Crippen molar-refractivity contribution in [3.05, 3.63) is 64.0 Å². The van der Waals surface area contributed by atoms with E-state index in [-0.39, 0.29) is 5.91 Å². The van der Waals surface area contributed by atoms with Crippen LogP contribution in [-0.2, 0) is 0 Å². The van der Waals surface area contributed by atoms with Gasteiger partial charge < -0.3 is 4.74 Å². The van der Waals surface area contributed by atoms with E-state index in [2.05, 4.69) is 10.3 Å². The van der Waals surface area contributed by atoms with E-state index in [1.165, 1.54) is 11.3 Å². The summed E-state index contributed by atoms with van der Waals surface area (Å²) in [6, 6.07) is 12.6. The Labute approximate surface area is 149 Å². The van der Waals surface area contributed by atoms with Crippen molar-refractivity contribution in [2.24, 2.45) is 0 Å². The zero-order valence-corrected chi connectivity index (χ0v) is 14.7. The second-order valence-corrected chi connectivity index (χ2v) is 6.50. The zero-order valence-electron chi connectivity index (χ0n) is 13.2. The number of aryl methyl sites for hydroxylation is 1. The van der Waals surface area contributed by atoms with Gasteiger partial charge in [-0.2, -0.15) is 0 Å². The van der Waals surface area contributed by atoms with Gasteiger partial charge in [0.1, 0.15) is 5.75 Å². The van der Waals surface area contributed by atoms with E-state index in [0.717, 1.165) is 22.6 Å². The molecule has 0 unspecified atom stereocenters. The summed E-state index contributed by atoms with van der Waals surface area (Å²) in [6.45, 7) is 2.01. The van der Waals surface area contributed by atoms with E-state index in [1.54, 1.807) is 31.4 Å². The molecule has 1 heterocycles. The monoisotopic (exact) mass is 358 g/mol. The number of thiazole rings is 1. The topological polar surface area (TPSA) is 51.2 Å². The molecule has 1 aromatic heterocycles. The van der Waals surface area contributed by atoms with E-state index in [4.69, 9.17) is 16.3 Å². The third-order valence-corrected chi connectivity index (χ3v) is 4.47. The second-order valence-electron chi connectivity index (χ2n) is 5.20. The van der Waals surface area contributed by atoms with Gasteiger partial charge in [-0.3, -0.25) is 10.1 Å². The SMILES string of the molecule is COc1ccc(C)cc1-c1csc(NC(=O)c2ccc(Cl)cc2)n1. The van der Waals surface area contributed by atoms with Crippen LogP contribution < -0.4 is 10.1 Å². The molecule has 0 saturated carbocycles. The summed E-state index contributed by atoms with van der Waals surface area (Å²) in [4.78, 5) is 16.7. The van der Waals surface area contributed by atoms with Gasteiger partial charge in [0, 0.05) is 21.5 Å². The molecule has 0 saturated heterocycles. The molecule has 3 rings (SSSR count). The van der Waals surface area contributed by atoms with Gasteiger partial charge in [-0.1, -0.05) is 23.2 Å². The summed E-state index contributed by atoms with van der Waals surface area (Å²) < 4.78 is 5.39. The molecular formula is C18H15ClN2O2S. The summed E-state index contributed by atoms with van der Waals surface area (Å²) in [5.41, 5.74) is 3.32. The summed E-state index contributed by atoms with van der Waals surface area (Å²) in [5, 5.41) is 5.83. The van der Waals surface area contributed by atoms with Crippen molar-refractivity contribution in [1.82, 2.24) is 4.98 Å². The van der Waals surface area contributed by atoms with Gasteiger partial charge in [0.05, 0.1) is 12.8 Å². The Balaban J connectivity index is 1.82. The number of nitrogens with one attached hydrogen (secondary N) is 1. The van der Waals surface area contributed by atoms with Gasteiger partial charge in [0.25, 0.3) is 5.91 Å². The number of rotatable bonds is 4. The molecule has 0 atom stereocenters. The van der Waals surface area contributed by atoms with E-state index < -0.39 is 0 Å². The highest BCUT2D eigenvalue weighted by atomic mass is 35.5. The van der Waals surface area contributed by atoms with Crippen molar-refractivity contribution in [2.45, 2.75) is 6.92 Å². The van der Waals surface area contributed by atoms with Gasteiger partial charge in [-0.15, -0.1) is 11.3 Å². The van der Waals surface area contributed by atoms with Crippen molar-refractivity contribution in [3.63, 3.8) is 0 Å². The second kappa shape index (κ2) is 7.03. The lowest BCUT2D eigenvalue weighted by molar-refractivity contribution is 0.102. The van der Waals surface area contributed by atoms with E-state index in [1.807, 2.05) is 30.5 Å². The smallest absolute Gasteiger partial charge is 0.257 e. The van der Waals surface area contributed by atoms with Crippen LogP contribution in [0.15, 0.2) is 47.8 Å². The highest BCUT2D eigenvalue weighted by molar-refractivity contribution is 7.14. The number of benzene rings is 2. The minimum atomic E-state index is -0.219. The van der Waals surface area contributed by atoms with Crippen LogP contribution >= 0.6 is 22.9 Å². The minimum Gasteiger partial charge on any atom is -0.496 e. The Morgan fingerprint density at radius 2 is 1.96 bits per heavy atom. The third kappa shape index (κ3) is 3.58. The number of halogens is 1. The summed E-state index contributed by atoms with van der Waals surface area (Å²) >= 11 is 7.21. The molecule has 0 fully saturated rings. The fraction of sp³-hybridized carbons (Fsp3) is 0.111. The van der Waals surface area contributed by atoms with Crippen LogP contribution in [0.3, 0.4) is 0 Å². The average Bonchev–Trinajstić information content (AvgIpc) is 3.03. The van der Waals surface area contributed by atoms with E-state index in [0.29, 0.717) is 15.7 Å². The molecule has 0 aliphatic heterocycles. The first-order chi connectivity index (χ1) is 11.6. The van der Waals surface area contributed by atoms with Crippen LogP contribution in [-0.4, -0.2) is 18.0 Å². The van der Waals surface area contributed by atoms with Crippen molar-refractivity contribution in [1.29, 1.82) is 0 Å². The lowest BCUT2D eigenvalue weighted by Crippen LogP contribution is -2.11. The normalized spacial score (nSPS) is 10.5. The maximum absolute atomic E-state index is 12.2. The fourth-order valence-corrected chi connectivity index (χ4v) is 3.08. The molecule has 1 N–H and O–H groups in total. The number of ether oxygens (including phenoxy) is 1. The molecule has 2 aromatic carbocycles. The van der Waals surface area contributed by atoms with E-state index >= 15 is 0 Å². The number of anilines is 1. The molecule has 4 nitrogen and oxygen atoms in total. The van der Waals surface area contributed by atoms with Crippen molar-refractivity contribution < 1.29 is 9.53 Å². The highest BCUT2D eigenvalue weighted by Crippen LogP contribution is 2.33. The average molecular weight is 359 g/mol. The number of hydrogen-bond acceptors (Lipinski definition) is 4. The number of nitrogens with zero attached hydrogens (tertiary/aromatic N) is 1. The molecule has 0 aliphatic rings. The van der Waals surface area contributed by atoms with Crippen LogP contribution in [0.5, 0.6) is 5.75 Å². The highest BCUT2D eigenvalue weighted by Gasteiger charge is 2.13. The predicted octanol–water partition coefficient (Wildman–Crippen LogP) is 5.03. The maximum atomic E-state index is 12.2. The zero-order chi connectivity index (χ0) is 17.1. The molecule has 0 spiro atoms. The van der Waals surface area contributed by atoms with Crippen molar-refractivity contribution >= 4 is 34.0 Å². The third-order valence-electron chi connectivity index (χ3n) is 3.46. The molecule has 122 valence electrons. The lowest BCUT2D eigenvalue weighted by Gasteiger charge is -2.07. The molecular weight excluding hydrogens is 344 g/mol. The largest absolute Gasteiger partial charge is 0.496 e. The molecule has 0 bridgehead atoms. The van der Waals surface area contributed by atoms with Gasteiger partial charge in [0.2, 0.25) is 0 Å². The molecule has 1 amide bonds. The van der Waals surface area contributed by atoms with Crippen LogP contribution in [0.4, 0.5) is 5.13 Å². The van der Waals surface area contributed by atoms with Crippen LogP contribution in [0.2, 0.25) is 5.02 Å². The summed E-state index contributed by atoms with van der Waals surface area (Å²) in [5.74, 6) is 0.533. The van der Waals surface area contributed by atoms with Crippen LogP contribution in [0.25, 0.3) is 11.3 Å². The first-order valence-electron chi connectivity index (χ1n) is 7.24. The molecule has 0 radical (unpaired) electrons.